The van der Waals surface area contributed by atoms with Crippen LogP contribution in [0.1, 0.15) is 12.5 Å². The summed E-state index contributed by atoms with van der Waals surface area (Å²) in [5.74, 6) is -2.10. The van der Waals surface area contributed by atoms with Crippen LogP contribution >= 0.6 is 0 Å². The summed E-state index contributed by atoms with van der Waals surface area (Å²) >= 11 is 0. The van der Waals surface area contributed by atoms with Crippen LogP contribution in [0.3, 0.4) is 0 Å². The van der Waals surface area contributed by atoms with Crippen LogP contribution in [-0.4, -0.2) is 20.9 Å². The summed E-state index contributed by atoms with van der Waals surface area (Å²) in [4.78, 5) is 30.8. The molecule has 0 saturated carbocycles. The van der Waals surface area contributed by atoms with E-state index in [0.29, 0.717) is 0 Å². The fourth-order valence-electron chi connectivity index (χ4n) is 1.51. The first-order valence-electron chi connectivity index (χ1n) is 4.98. The topological polar surface area (TPSA) is 124 Å². The maximum absolute atomic E-state index is 10.8. The third-order valence-electron chi connectivity index (χ3n) is 2.45. The minimum absolute atomic E-state index is 0.164. The van der Waals surface area contributed by atoms with Crippen molar-refractivity contribution in [3.8, 4) is 0 Å². The highest BCUT2D eigenvalue weighted by Crippen LogP contribution is 2.30. The van der Waals surface area contributed by atoms with Crippen LogP contribution < -0.4 is 0 Å². The molecular formula is C10H10N2O6. The molecule has 1 atom stereocenters. The third-order valence-corrected chi connectivity index (χ3v) is 2.45. The predicted octanol–water partition coefficient (Wildman–Crippen LogP) is 1.77. The number of rotatable bonds is 5. The summed E-state index contributed by atoms with van der Waals surface area (Å²) in [6.07, 6.45) is -0.261. The summed E-state index contributed by atoms with van der Waals surface area (Å²) in [5.41, 5.74) is -1.03. The highest BCUT2D eigenvalue weighted by Gasteiger charge is 2.27. The molecule has 0 aliphatic heterocycles. The van der Waals surface area contributed by atoms with Crippen LogP contribution in [-0.2, 0) is 11.2 Å². The van der Waals surface area contributed by atoms with Crippen LogP contribution in [0.25, 0.3) is 0 Å². The number of aliphatic carboxylic acids is 1. The van der Waals surface area contributed by atoms with E-state index in [1.807, 2.05) is 0 Å². The summed E-state index contributed by atoms with van der Waals surface area (Å²) in [5, 5.41) is 30.3. The van der Waals surface area contributed by atoms with Gasteiger partial charge in [-0.15, -0.1) is 0 Å². The highest BCUT2D eigenvalue weighted by atomic mass is 16.6. The first-order chi connectivity index (χ1) is 8.34. The second-order valence-corrected chi connectivity index (χ2v) is 3.73. The molecule has 0 radical (unpaired) electrons. The molecule has 1 unspecified atom stereocenters. The number of carbonyl (C=O) groups is 1. The van der Waals surface area contributed by atoms with Crippen molar-refractivity contribution >= 4 is 17.3 Å². The van der Waals surface area contributed by atoms with Gasteiger partial charge >= 0.3 is 5.97 Å². The maximum atomic E-state index is 10.8. The zero-order valence-electron chi connectivity index (χ0n) is 9.40. The Morgan fingerprint density at radius 1 is 1.28 bits per heavy atom. The van der Waals surface area contributed by atoms with Crippen LogP contribution in [0.5, 0.6) is 0 Å². The van der Waals surface area contributed by atoms with Crippen LogP contribution in [0.15, 0.2) is 18.2 Å². The van der Waals surface area contributed by atoms with Crippen molar-refractivity contribution in [1.29, 1.82) is 0 Å². The number of nitro benzene ring substituents is 2. The van der Waals surface area contributed by atoms with Crippen molar-refractivity contribution in [1.82, 2.24) is 0 Å². The molecule has 0 heterocycles. The van der Waals surface area contributed by atoms with Crippen molar-refractivity contribution in [3.05, 3.63) is 44.0 Å². The summed E-state index contributed by atoms with van der Waals surface area (Å²) < 4.78 is 0. The minimum Gasteiger partial charge on any atom is -0.481 e. The Kier molecular flexibility index (Phi) is 3.93. The molecule has 0 bridgehead atoms. The zero-order valence-corrected chi connectivity index (χ0v) is 9.40. The van der Waals surface area contributed by atoms with E-state index in [0.717, 1.165) is 12.1 Å². The van der Waals surface area contributed by atoms with E-state index >= 15 is 0 Å². The maximum Gasteiger partial charge on any atom is 0.306 e. The number of nitrogens with zero attached hydrogens (tertiary/aromatic N) is 2. The van der Waals surface area contributed by atoms with E-state index in [-0.39, 0.29) is 12.0 Å². The molecule has 0 aliphatic carbocycles. The molecule has 0 fully saturated rings. The van der Waals surface area contributed by atoms with Gasteiger partial charge in [-0.1, -0.05) is 6.92 Å². The molecular weight excluding hydrogens is 244 g/mol. The average molecular weight is 254 g/mol. The zero-order chi connectivity index (χ0) is 13.9. The van der Waals surface area contributed by atoms with Crippen LogP contribution in [0, 0.1) is 26.1 Å². The molecule has 8 nitrogen and oxygen atoms in total. The Bertz CT molecular complexity index is 481. The molecule has 0 aromatic heterocycles. The highest BCUT2D eigenvalue weighted by molar-refractivity contribution is 5.71. The Hall–Kier alpha value is -2.51. The predicted molar refractivity (Wildman–Crippen MR) is 60.3 cm³/mol. The van der Waals surface area contributed by atoms with Gasteiger partial charge in [-0.2, -0.15) is 0 Å². The normalized spacial score (nSPS) is 11.8. The standard InChI is InChI=1S/C10H10N2O6/c1-6(10(13)14)5-7-8(11(15)16)3-2-4-9(7)12(17)18/h2-4,6H,5H2,1H3,(H,13,14). The number of carboxylic acids is 1. The van der Waals surface area contributed by atoms with Crippen molar-refractivity contribution in [2.45, 2.75) is 13.3 Å². The van der Waals surface area contributed by atoms with Gasteiger partial charge in [-0.3, -0.25) is 25.0 Å². The fraction of sp³-hybridized carbons (Fsp3) is 0.300. The average Bonchev–Trinajstić information content (AvgIpc) is 2.28. The van der Waals surface area contributed by atoms with E-state index in [4.69, 9.17) is 5.11 Å². The molecule has 1 N–H and O–H groups in total. The molecule has 0 aliphatic rings. The molecule has 96 valence electrons. The molecule has 18 heavy (non-hydrogen) atoms. The first kappa shape index (κ1) is 13.6. The van der Waals surface area contributed by atoms with Crippen molar-refractivity contribution in [3.63, 3.8) is 0 Å². The molecule has 1 rings (SSSR count). The van der Waals surface area contributed by atoms with Gasteiger partial charge < -0.3 is 5.11 Å². The van der Waals surface area contributed by atoms with Gasteiger partial charge in [0, 0.05) is 12.1 Å². The van der Waals surface area contributed by atoms with E-state index in [2.05, 4.69) is 0 Å². The number of carboxylic acid groups (broad SMARTS) is 1. The lowest BCUT2D eigenvalue weighted by molar-refractivity contribution is -0.395. The SMILES string of the molecule is CC(Cc1c([N+](=O)[O-])cccc1[N+](=O)[O-])C(=O)O. The van der Waals surface area contributed by atoms with Gasteiger partial charge in [0.15, 0.2) is 0 Å². The van der Waals surface area contributed by atoms with Crippen LogP contribution in [0.2, 0.25) is 0 Å². The van der Waals surface area contributed by atoms with Gasteiger partial charge in [0.25, 0.3) is 11.4 Å². The molecule has 0 saturated heterocycles. The number of benzene rings is 1. The smallest absolute Gasteiger partial charge is 0.306 e. The quantitative estimate of drug-likeness (QED) is 0.630. The molecule has 1 aromatic rings. The van der Waals surface area contributed by atoms with Crippen molar-refractivity contribution < 1.29 is 19.7 Å². The van der Waals surface area contributed by atoms with Gasteiger partial charge in [0.05, 0.1) is 15.8 Å². The van der Waals surface area contributed by atoms with E-state index in [1.165, 1.54) is 13.0 Å². The largest absolute Gasteiger partial charge is 0.481 e. The Balaban J connectivity index is 3.31. The summed E-state index contributed by atoms with van der Waals surface area (Å²) in [7, 11) is 0. The van der Waals surface area contributed by atoms with Gasteiger partial charge in [-0.05, 0) is 12.5 Å². The second-order valence-electron chi connectivity index (χ2n) is 3.73. The first-order valence-corrected chi connectivity index (χ1v) is 4.98. The van der Waals surface area contributed by atoms with Crippen molar-refractivity contribution in [2.24, 2.45) is 5.92 Å². The second kappa shape index (κ2) is 5.21. The monoisotopic (exact) mass is 254 g/mol. The number of nitro groups is 2. The number of hydrogen-bond donors (Lipinski definition) is 1. The Morgan fingerprint density at radius 3 is 2.06 bits per heavy atom. The molecule has 1 aromatic carbocycles. The van der Waals surface area contributed by atoms with Gasteiger partial charge in [-0.25, -0.2) is 0 Å². The van der Waals surface area contributed by atoms with E-state index in [1.54, 1.807) is 0 Å². The minimum atomic E-state index is -1.16. The van der Waals surface area contributed by atoms with E-state index < -0.39 is 33.1 Å². The molecule has 0 amide bonds. The lowest BCUT2D eigenvalue weighted by Gasteiger charge is -2.07. The lowest BCUT2D eigenvalue weighted by Crippen LogP contribution is -2.14. The third kappa shape index (κ3) is 2.78. The van der Waals surface area contributed by atoms with Crippen molar-refractivity contribution in [2.75, 3.05) is 0 Å². The Morgan fingerprint density at radius 2 is 1.72 bits per heavy atom. The van der Waals surface area contributed by atoms with Gasteiger partial charge in [0.1, 0.15) is 5.56 Å². The lowest BCUT2D eigenvalue weighted by atomic mass is 9.98. The van der Waals surface area contributed by atoms with Gasteiger partial charge in [0.2, 0.25) is 0 Å². The summed E-state index contributed by atoms with van der Waals surface area (Å²) in [6.45, 7) is 1.34. The number of hydrogen-bond acceptors (Lipinski definition) is 5. The van der Waals surface area contributed by atoms with E-state index in [9.17, 15) is 25.0 Å². The van der Waals surface area contributed by atoms with Crippen LogP contribution in [0.4, 0.5) is 11.4 Å². The Labute approximate surface area is 101 Å². The molecule has 0 spiro atoms. The summed E-state index contributed by atoms with van der Waals surface area (Å²) in [6, 6.07) is 3.44. The fourth-order valence-corrected chi connectivity index (χ4v) is 1.51. The molecule has 8 heteroatoms.